The summed E-state index contributed by atoms with van der Waals surface area (Å²) >= 11 is 0. The van der Waals surface area contributed by atoms with E-state index in [4.69, 9.17) is 29.4 Å². The third-order valence-corrected chi connectivity index (χ3v) is 9.55. The van der Waals surface area contributed by atoms with E-state index in [1.54, 1.807) is 0 Å². The number of nitrogens with two attached hydrogens (primary N) is 1. The van der Waals surface area contributed by atoms with Crippen LogP contribution in [0.25, 0.3) is 0 Å². The third-order valence-electron chi connectivity index (χ3n) is 8.60. The molecule has 0 heterocycles. The highest BCUT2D eigenvalue weighted by molar-refractivity contribution is 7.47. The van der Waals surface area contributed by atoms with Gasteiger partial charge in [-0.3, -0.25) is 18.6 Å². The number of carboxylic acids is 1. The molecule has 0 radical (unpaired) electrons. The highest BCUT2D eigenvalue weighted by Crippen LogP contribution is 2.43. The predicted octanol–water partition coefficient (Wildman–Crippen LogP) is 12.1. The van der Waals surface area contributed by atoms with Crippen molar-refractivity contribution in [3.05, 3.63) is 97.2 Å². The Kier molecular flexibility index (Phi) is 39.8. The minimum atomic E-state index is -4.64. The lowest BCUT2D eigenvalue weighted by Crippen LogP contribution is -2.34. The van der Waals surface area contributed by atoms with Crippen LogP contribution in [0.15, 0.2) is 97.2 Å². The highest BCUT2D eigenvalue weighted by Gasteiger charge is 2.27. The van der Waals surface area contributed by atoms with Gasteiger partial charge in [0.2, 0.25) is 0 Å². The van der Waals surface area contributed by atoms with Gasteiger partial charge in [0.1, 0.15) is 12.1 Å². The van der Waals surface area contributed by atoms with Crippen LogP contribution in [0.2, 0.25) is 0 Å². The van der Waals surface area contributed by atoms with Gasteiger partial charge in [0.05, 0.1) is 19.8 Å². The first-order chi connectivity index (χ1) is 28.2. The summed E-state index contributed by atoms with van der Waals surface area (Å²) in [5.74, 6) is -1.82. The van der Waals surface area contributed by atoms with Gasteiger partial charge in [0, 0.05) is 13.0 Å². The van der Waals surface area contributed by atoms with E-state index in [0.717, 1.165) is 103 Å². The van der Waals surface area contributed by atoms with Crippen LogP contribution in [-0.4, -0.2) is 60.5 Å². The largest absolute Gasteiger partial charge is 0.480 e. The Labute approximate surface area is 351 Å². The van der Waals surface area contributed by atoms with Crippen molar-refractivity contribution in [2.45, 2.75) is 161 Å². The van der Waals surface area contributed by atoms with Crippen LogP contribution in [0.4, 0.5) is 0 Å². The lowest BCUT2D eigenvalue weighted by atomic mass is 10.1. The van der Waals surface area contributed by atoms with E-state index in [-0.39, 0.29) is 13.0 Å². The van der Waals surface area contributed by atoms with Crippen molar-refractivity contribution in [3.63, 3.8) is 0 Å². The molecule has 0 aliphatic heterocycles. The Bertz CT molecular complexity index is 1280. The van der Waals surface area contributed by atoms with Gasteiger partial charge in [-0.2, -0.15) is 0 Å². The second-order valence-corrected chi connectivity index (χ2v) is 15.5. The Morgan fingerprint density at radius 2 is 1.00 bits per heavy atom. The second-order valence-electron chi connectivity index (χ2n) is 14.1. The number of carbonyl (C=O) groups excluding carboxylic acids is 1. The van der Waals surface area contributed by atoms with Crippen molar-refractivity contribution >= 4 is 19.8 Å². The Morgan fingerprint density at radius 3 is 1.52 bits per heavy atom. The van der Waals surface area contributed by atoms with Crippen molar-refractivity contribution in [2.24, 2.45) is 5.73 Å². The number of rotatable bonds is 40. The SMILES string of the molecule is CC/C=C\C/C=C\C/C=C\C/C=C\C/C=C\C/C=C\C/C=C\CCCCOCC(COP(=O)(O)OCC(N)C(=O)O)OC(=O)CCCCCCC/C=C\CCCCC. The molecule has 0 amide bonds. The molecule has 0 rings (SSSR count). The molecule has 0 aromatic rings. The fraction of sp³-hybridized carbons (Fsp3) is 0.617. The predicted molar refractivity (Wildman–Crippen MR) is 239 cm³/mol. The minimum absolute atomic E-state index is 0.0230. The van der Waals surface area contributed by atoms with Crippen LogP contribution in [0.5, 0.6) is 0 Å². The summed E-state index contributed by atoms with van der Waals surface area (Å²) in [5.41, 5.74) is 5.35. The third kappa shape index (κ3) is 41.1. The second kappa shape index (κ2) is 42.0. The molecule has 3 unspecified atom stereocenters. The molecule has 0 spiro atoms. The Balaban J connectivity index is 4.33. The maximum Gasteiger partial charge on any atom is 0.472 e. The van der Waals surface area contributed by atoms with Crippen LogP contribution in [0.1, 0.15) is 149 Å². The monoisotopic (exact) mass is 832 g/mol. The molecule has 0 saturated heterocycles. The quantitative estimate of drug-likeness (QED) is 0.0235. The smallest absolute Gasteiger partial charge is 0.472 e. The summed E-state index contributed by atoms with van der Waals surface area (Å²) in [6, 6.07) is -1.49. The van der Waals surface area contributed by atoms with E-state index in [1.807, 2.05) is 0 Å². The molecule has 0 fully saturated rings. The first-order valence-electron chi connectivity index (χ1n) is 21.8. The number of hydrogen-bond acceptors (Lipinski definition) is 8. The van der Waals surface area contributed by atoms with E-state index >= 15 is 0 Å². The molecule has 10 nitrogen and oxygen atoms in total. The van der Waals surface area contributed by atoms with Crippen LogP contribution in [0.3, 0.4) is 0 Å². The van der Waals surface area contributed by atoms with E-state index in [9.17, 15) is 19.0 Å². The fourth-order valence-electron chi connectivity index (χ4n) is 5.22. The van der Waals surface area contributed by atoms with Crippen LogP contribution in [-0.2, 0) is 32.7 Å². The van der Waals surface area contributed by atoms with Crippen molar-refractivity contribution in [3.8, 4) is 0 Å². The molecule has 0 aliphatic carbocycles. The van der Waals surface area contributed by atoms with Gasteiger partial charge in [0.15, 0.2) is 0 Å². The normalized spacial score (nSPS) is 14.8. The molecule has 330 valence electrons. The lowest BCUT2D eigenvalue weighted by molar-refractivity contribution is -0.154. The molecule has 58 heavy (non-hydrogen) atoms. The molecule has 4 N–H and O–H groups in total. The molecule has 0 saturated carbocycles. The van der Waals surface area contributed by atoms with Crippen molar-refractivity contribution < 1.29 is 42.7 Å². The maximum atomic E-state index is 12.6. The summed E-state index contributed by atoms with van der Waals surface area (Å²) in [4.78, 5) is 33.5. The molecule has 11 heteroatoms. The number of ether oxygens (including phenoxy) is 2. The summed E-state index contributed by atoms with van der Waals surface area (Å²) in [5, 5.41) is 8.89. The van der Waals surface area contributed by atoms with Crippen LogP contribution in [0, 0.1) is 0 Å². The van der Waals surface area contributed by atoms with Gasteiger partial charge in [-0.1, -0.05) is 143 Å². The van der Waals surface area contributed by atoms with Crippen molar-refractivity contribution in [1.29, 1.82) is 0 Å². The van der Waals surface area contributed by atoms with Gasteiger partial charge in [-0.15, -0.1) is 0 Å². The van der Waals surface area contributed by atoms with E-state index in [1.165, 1.54) is 19.3 Å². The standard InChI is InChI=1S/C47H78NO9P/c1-3-5-7-9-11-13-15-17-18-19-20-21-22-23-24-25-26-27-28-30-32-34-36-38-40-54-41-44(42-55-58(52,53)56-43-45(48)47(50)51)57-46(49)39-37-35-33-31-29-16-14-12-10-8-6-4-2/h5,7,11-14,17-18,20-21,23-24,26-27,30,32,44-45H,3-4,6,8-10,15-16,19,22,25,28-29,31,33-43,48H2,1-2H3,(H,50,51)(H,52,53)/b7-5-,13-11-,14-12-,18-17-,21-20-,24-23-,27-26-,32-30-. The zero-order valence-electron chi connectivity index (χ0n) is 35.8. The van der Waals surface area contributed by atoms with Gasteiger partial charge < -0.3 is 25.2 Å². The molecular weight excluding hydrogens is 753 g/mol. The lowest BCUT2D eigenvalue weighted by Gasteiger charge is -2.20. The average Bonchev–Trinajstić information content (AvgIpc) is 3.20. The fourth-order valence-corrected chi connectivity index (χ4v) is 6.00. The number of esters is 1. The van der Waals surface area contributed by atoms with Gasteiger partial charge in [-0.05, 0) is 96.3 Å². The molecule has 0 aliphatic rings. The summed E-state index contributed by atoms with van der Waals surface area (Å²) in [6.45, 7) is 3.59. The average molecular weight is 832 g/mol. The Hall–Kier alpha value is -3.11. The molecule has 3 atom stereocenters. The molecule has 0 aromatic carbocycles. The topological polar surface area (TPSA) is 155 Å². The highest BCUT2D eigenvalue weighted by atomic mass is 31.2. The van der Waals surface area contributed by atoms with E-state index < -0.39 is 45.1 Å². The number of carbonyl (C=O) groups is 2. The number of hydrogen-bond donors (Lipinski definition) is 3. The van der Waals surface area contributed by atoms with E-state index in [2.05, 4.69) is 111 Å². The first kappa shape index (κ1) is 54.9. The van der Waals surface area contributed by atoms with Gasteiger partial charge >= 0.3 is 19.8 Å². The number of carboxylic acid groups (broad SMARTS) is 1. The van der Waals surface area contributed by atoms with Gasteiger partial charge in [0.25, 0.3) is 0 Å². The summed E-state index contributed by atoms with van der Waals surface area (Å²) in [6.07, 6.45) is 54.7. The van der Waals surface area contributed by atoms with Crippen LogP contribution < -0.4 is 5.73 Å². The van der Waals surface area contributed by atoms with Crippen LogP contribution >= 0.6 is 7.82 Å². The molecule has 0 aromatic heterocycles. The maximum absolute atomic E-state index is 12.6. The number of phosphoric acid groups is 1. The van der Waals surface area contributed by atoms with Crippen molar-refractivity contribution in [1.82, 2.24) is 0 Å². The molecule has 0 bridgehead atoms. The zero-order valence-corrected chi connectivity index (χ0v) is 36.7. The van der Waals surface area contributed by atoms with Gasteiger partial charge in [-0.25, -0.2) is 4.57 Å². The number of allylic oxidation sites excluding steroid dienone is 16. The Morgan fingerprint density at radius 1 is 0.569 bits per heavy atom. The zero-order chi connectivity index (χ0) is 42.6. The first-order valence-corrected chi connectivity index (χ1v) is 23.3. The number of unbranched alkanes of at least 4 members (excludes halogenated alkanes) is 10. The minimum Gasteiger partial charge on any atom is -0.480 e. The number of phosphoric ester groups is 1. The summed E-state index contributed by atoms with van der Waals surface area (Å²) < 4.78 is 33.2. The van der Waals surface area contributed by atoms with E-state index in [0.29, 0.717) is 13.0 Å². The molecular formula is C47H78NO9P. The number of aliphatic carboxylic acids is 1. The van der Waals surface area contributed by atoms with Crippen molar-refractivity contribution in [2.75, 3.05) is 26.4 Å². The summed E-state index contributed by atoms with van der Waals surface area (Å²) in [7, 11) is -4.64.